The standard InChI is InChI=1S/C9H6N2O3/c10-6-2-4-7-3-1-5-8(9(7)12)11(13)14/h1-5,12H/b4-2+. The second-order valence-corrected chi connectivity index (χ2v) is 2.43. The van der Waals surface area contributed by atoms with Crippen LogP contribution in [0.15, 0.2) is 24.3 Å². The Balaban J connectivity index is 3.22. The molecule has 5 nitrogen and oxygen atoms in total. The molecular formula is C9H6N2O3. The van der Waals surface area contributed by atoms with Gasteiger partial charge in [0, 0.05) is 17.7 Å². The molecule has 0 aliphatic carbocycles. The number of para-hydroxylation sites is 1. The minimum Gasteiger partial charge on any atom is -0.502 e. The molecule has 0 atom stereocenters. The van der Waals surface area contributed by atoms with Crippen molar-refractivity contribution in [2.45, 2.75) is 0 Å². The van der Waals surface area contributed by atoms with Gasteiger partial charge in [-0.2, -0.15) is 5.26 Å². The molecule has 0 aromatic heterocycles. The van der Waals surface area contributed by atoms with E-state index in [2.05, 4.69) is 0 Å². The van der Waals surface area contributed by atoms with Gasteiger partial charge in [0.2, 0.25) is 5.75 Å². The molecule has 1 aromatic rings. The summed E-state index contributed by atoms with van der Waals surface area (Å²) in [6.07, 6.45) is 2.45. The Labute approximate surface area is 79.7 Å². The Morgan fingerprint density at radius 2 is 2.29 bits per heavy atom. The Hall–Kier alpha value is -2.35. The molecule has 5 heteroatoms. The fourth-order valence-corrected chi connectivity index (χ4v) is 0.958. The highest BCUT2D eigenvalue weighted by Gasteiger charge is 2.14. The first kappa shape index (κ1) is 9.74. The topological polar surface area (TPSA) is 87.2 Å². The van der Waals surface area contributed by atoms with Gasteiger partial charge in [-0.15, -0.1) is 0 Å². The molecule has 0 bridgehead atoms. The van der Waals surface area contributed by atoms with Gasteiger partial charge in [-0.3, -0.25) is 10.1 Å². The lowest BCUT2D eigenvalue weighted by Crippen LogP contribution is -1.89. The molecule has 1 rings (SSSR count). The summed E-state index contributed by atoms with van der Waals surface area (Å²) < 4.78 is 0. The number of nitro benzene ring substituents is 1. The first-order valence-electron chi connectivity index (χ1n) is 3.69. The van der Waals surface area contributed by atoms with Gasteiger partial charge in [0.15, 0.2) is 0 Å². The van der Waals surface area contributed by atoms with Crippen molar-refractivity contribution < 1.29 is 10.0 Å². The molecule has 0 heterocycles. The Bertz CT molecular complexity index is 432. The van der Waals surface area contributed by atoms with Crippen molar-refractivity contribution >= 4 is 11.8 Å². The average Bonchev–Trinajstić information content (AvgIpc) is 2.16. The number of nitro groups is 1. The van der Waals surface area contributed by atoms with Crippen LogP contribution in [0.2, 0.25) is 0 Å². The third-order valence-electron chi connectivity index (χ3n) is 1.58. The zero-order valence-corrected chi connectivity index (χ0v) is 7.04. The maximum absolute atomic E-state index is 10.4. The fourth-order valence-electron chi connectivity index (χ4n) is 0.958. The number of hydrogen-bond donors (Lipinski definition) is 1. The van der Waals surface area contributed by atoms with Crippen LogP contribution in [0.5, 0.6) is 5.75 Å². The number of nitrogens with zero attached hydrogens (tertiary/aromatic N) is 2. The summed E-state index contributed by atoms with van der Waals surface area (Å²) >= 11 is 0. The van der Waals surface area contributed by atoms with Crippen molar-refractivity contribution in [1.29, 1.82) is 5.26 Å². The van der Waals surface area contributed by atoms with Gasteiger partial charge in [-0.25, -0.2) is 0 Å². The highest BCUT2D eigenvalue weighted by Crippen LogP contribution is 2.29. The molecule has 70 valence electrons. The van der Waals surface area contributed by atoms with E-state index in [9.17, 15) is 15.2 Å². The molecule has 0 unspecified atom stereocenters. The number of hydrogen-bond acceptors (Lipinski definition) is 4. The van der Waals surface area contributed by atoms with Gasteiger partial charge in [-0.1, -0.05) is 12.1 Å². The van der Waals surface area contributed by atoms with Crippen LogP contribution in [0, 0.1) is 21.4 Å². The average molecular weight is 190 g/mol. The van der Waals surface area contributed by atoms with Gasteiger partial charge in [-0.05, 0) is 6.08 Å². The lowest BCUT2D eigenvalue weighted by Gasteiger charge is -1.98. The number of allylic oxidation sites excluding steroid dienone is 1. The highest BCUT2D eigenvalue weighted by molar-refractivity contribution is 5.64. The molecule has 0 amide bonds. The molecule has 0 spiro atoms. The molecular weight excluding hydrogens is 184 g/mol. The van der Waals surface area contributed by atoms with Crippen LogP contribution in [-0.4, -0.2) is 10.0 Å². The molecule has 0 aliphatic heterocycles. The number of phenols is 1. The van der Waals surface area contributed by atoms with E-state index in [4.69, 9.17) is 5.26 Å². The van der Waals surface area contributed by atoms with Crippen LogP contribution in [0.4, 0.5) is 5.69 Å². The maximum Gasteiger partial charge on any atom is 0.311 e. The molecule has 0 saturated heterocycles. The molecule has 0 saturated carbocycles. The van der Waals surface area contributed by atoms with Gasteiger partial charge in [0.05, 0.1) is 11.0 Å². The first-order valence-corrected chi connectivity index (χ1v) is 3.69. The van der Waals surface area contributed by atoms with E-state index in [0.717, 1.165) is 6.08 Å². The minimum atomic E-state index is -0.682. The van der Waals surface area contributed by atoms with Gasteiger partial charge in [0.1, 0.15) is 0 Å². The van der Waals surface area contributed by atoms with Gasteiger partial charge >= 0.3 is 5.69 Å². The summed E-state index contributed by atoms with van der Waals surface area (Å²) in [6.45, 7) is 0. The lowest BCUT2D eigenvalue weighted by molar-refractivity contribution is -0.385. The van der Waals surface area contributed by atoms with E-state index in [1.54, 1.807) is 6.07 Å². The maximum atomic E-state index is 10.4. The predicted molar refractivity (Wildman–Crippen MR) is 49.4 cm³/mol. The van der Waals surface area contributed by atoms with E-state index in [-0.39, 0.29) is 11.3 Å². The van der Waals surface area contributed by atoms with Gasteiger partial charge < -0.3 is 5.11 Å². The van der Waals surface area contributed by atoms with E-state index >= 15 is 0 Å². The van der Waals surface area contributed by atoms with E-state index in [0.29, 0.717) is 0 Å². The van der Waals surface area contributed by atoms with Crippen molar-refractivity contribution in [2.75, 3.05) is 0 Å². The third kappa shape index (κ3) is 1.87. The zero-order chi connectivity index (χ0) is 10.6. The van der Waals surface area contributed by atoms with E-state index < -0.39 is 10.7 Å². The van der Waals surface area contributed by atoms with Crippen LogP contribution in [0.3, 0.4) is 0 Å². The molecule has 0 aliphatic rings. The Morgan fingerprint density at radius 1 is 1.57 bits per heavy atom. The zero-order valence-electron chi connectivity index (χ0n) is 7.04. The number of nitriles is 1. The Kier molecular flexibility index (Phi) is 2.82. The molecule has 1 aromatic carbocycles. The quantitative estimate of drug-likeness (QED) is 0.437. The van der Waals surface area contributed by atoms with Crippen LogP contribution in [0.25, 0.3) is 6.08 Å². The van der Waals surface area contributed by atoms with E-state index in [1.165, 1.54) is 24.3 Å². The minimum absolute atomic E-state index is 0.251. The molecule has 1 N–H and O–H groups in total. The monoisotopic (exact) mass is 190 g/mol. The third-order valence-corrected chi connectivity index (χ3v) is 1.58. The van der Waals surface area contributed by atoms with Crippen LogP contribution >= 0.6 is 0 Å². The first-order chi connectivity index (χ1) is 6.66. The number of phenolic OH excluding ortho intramolecular Hbond substituents is 1. The van der Waals surface area contributed by atoms with E-state index in [1.807, 2.05) is 0 Å². The van der Waals surface area contributed by atoms with Crippen LogP contribution < -0.4 is 0 Å². The second-order valence-electron chi connectivity index (χ2n) is 2.43. The fraction of sp³-hybridized carbons (Fsp3) is 0. The summed E-state index contributed by atoms with van der Waals surface area (Å²) in [5.74, 6) is -0.427. The second kappa shape index (κ2) is 4.05. The summed E-state index contributed by atoms with van der Waals surface area (Å²) in [7, 11) is 0. The number of rotatable bonds is 2. The van der Waals surface area contributed by atoms with Crippen molar-refractivity contribution in [1.82, 2.24) is 0 Å². The normalized spacial score (nSPS) is 9.93. The summed E-state index contributed by atoms with van der Waals surface area (Å²) in [6, 6.07) is 5.85. The number of aromatic hydroxyl groups is 1. The highest BCUT2D eigenvalue weighted by atomic mass is 16.6. The van der Waals surface area contributed by atoms with Crippen LogP contribution in [-0.2, 0) is 0 Å². The largest absolute Gasteiger partial charge is 0.502 e. The van der Waals surface area contributed by atoms with Crippen molar-refractivity contribution in [3.63, 3.8) is 0 Å². The summed E-state index contributed by atoms with van der Waals surface area (Å²) in [5, 5.41) is 28.0. The van der Waals surface area contributed by atoms with Crippen molar-refractivity contribution in [2.24, 2.45) is 0 Å². The molecule has 0 radical (unpaired) electrons. The molecule has 0 fully saturated rings. The summed E-state index contributed by atoms with van der Waals surface area (Å²) in [4.78, 5) is 9.72. The number of benzene rings is 1. The predicted octanol–water partition coefficient (Wildman–Crippen LogP) is 1.84. The SMILES string of the molecule is N#C/C=C/c1cccc([N+](=O)[O-])c1O. The lowest BCUT2D eigenvalue weighted by atomic mass is 10.1. The van der Waals surface area contributed by atoms with Crippen molar-refractivity contribution in [3.05, 3.63) is 40.0 Å². The summed E-state index contributed by atoms with van der Waals surface area (Å²) in [5.41, 5.74) is -0.120. The van der Waals surface area contributed by atoms with Gasteiger partial charge in [0.25, 0.3) is 0 Å². The Morgan fingerprint density at radius 3 is 2.86 bits per heavy atom. The van der Waals surface area contributed by atoms with Crippen LogP contribution in [0.1, 0.15) is 5.56 Å². The molecule has 14 heavy (non-hydrogen) atoms. The smallest absolute Gasteiger partial charge is 0.311 e. The van der Waals surface area contributed by atoms with Crippen molar-refractivity contribution in [3.8, 4) is 11.8 Å².